The van der Waals surface area contributed by atoms with E-state index in [-0.39, 0.29) is 38.5 Å². The predicted molar refractivity (Wildman–Crippen MR) is 132 cm³/mol. The molecular weight excluding hydrogens is 506 g/mol. The van der Waals surface area contributed by atoms with E-state index in [0.717, 1.165) is 0 Å². The van der Waals surface area contributed by atoms with Crippen LogP contribution in [0.5, 0.6) is 0 Å². The lowest BCUT2D eigenvalue weighted by Crippen LogP contribution is -2.66. The Bertz CT molecular complexity index is 753. The lowest BCUT2D eigenvalue weighted by Gasteiger charge is -2.48. The summed E-state index contributed by atoms with van der Waals surface area (Å²) < 4.78 is 23.4. The zero-order valence-electron chi connectivity index (χ0n) is 21.4. The van der Waals surface area contributed by atoms with Gasteiger partial charge in [-0.2, -0.15) is 0 Å². The van der Waals surface area contributed by atoms with Crippen LogP contribution in [0.15, 0.2) is 0 Å². The molecule has 1 aliphatic carbocycles. The van der Waals surface area contributed by atoms with Gasteiger partial charge in [-0.1, -0.05) is 0 Å². The maximum Gasteiger partial charge on any atom is 0.186 e. The number of carbonyl (C=O) groups is 1. The van der Waals surface area contributed by atoms with E-state index in [1.807, 2.05) is 0 Å². The molecule has 0 amide bonds. The van der Waals surface area contributed by atoms with Crippen LogP contribution in [0.1, 0.15) is 32.1 Å². The van der Waals surface area contributed by atoms with Gasteiger partial charge < -0.3 is 73.1 Å². The highest BCUT2D eigenvalue weighted by Crippen LogP contribution is 2.36. The lowest BCUT2D eigenvalue weighted by molar-refractivity contribution is -0.318. The van der Waals surface area contributed by atoms with E-state index in [1.54, 1.807) is 0 Å². The van der Waals surface area contributed by atoms with Crippen molar-refractivity contribution in [1.82, 2.24) is 0 Å². The van der Waals surface area contributed by atoms with E-state index in [9.17, 15) is 30.3 Å². The van der Waals surface area contributed by atoms with Crippen molar-refractivity contribution in [3.8, 4) is 0 Å². The summed E-state index contributed by atoms with van der Waals surface area (Å²) in [7, 11) is 0. The Kier molecular flexibility index (Phi) is 11.8. The summed E-state index contributed by atoms with van der Waals surface area (Å²) in [4.78, 5) is 12.7. The molecule has 38 heavy (non-hydrogen) atoms. The van der Waals surface area contributed by atoms with Crippen molar-refractivity contribution in [3.63, 3.8) is 0 Å². The van der Waals surface area contributed by atoms with Gasteiger partial charge in [-0.25, -0.2) is 0 Å². The van der Waals surface area contributed by atoms with Crippen molar-refractivity contribution in [3.05, 3.63) is 0 Å². The summed E-state index contributed by atoms with van der Waals surface area (Å²) in [5.41, 5.74) is 29.7. The van der Waals surface area contributed by atoms with Crippen molar-refractivity contribution >= 4 is 5.78 Å². The first kappa shape index (κ1) is 31.6. The summed E-state index contributed by atoms with van der Waals surface area (Å²) >= 11 is 0. The van der Waals surface area contributed by atoms with Crippen LogP contribution in [0.2, 0.25) is 0 Å². The van der Waals surface area contributed by atoms with Crippen molar-refractivity contribution in [1.29, 1.82) is 0 Å². The quantitative estimate of drug-likeness (QED) is 0.115. The summed E-state index contributed by atoms with van der Waals surface area (Å²) in [6.45, 7) is -0.231. The summed E-state index contributed by atoms with van der Waals surface area (Å²) in [5.74, 6) is -1.23. The van der Waals surface area contributed by atoms with Gasteiger partial charge in [-0.05, 0) is 38.1 Å². The van der Waals surface area contributed by atoms with Crippen LogP contribution in [0.3, 0.4) is 0 Å². The van der Waals surface area contributed by atoms with Gasteiger partial charge in [-0.3, -0.25) is 4.79 Å². The second-order valence-corrected chi connectivity index (χ2v) is 10.5. The topological polar surface area (TPSA) is 285 Å². The second-order valence-electron chi connectivity index (χ2n) is 10.5. The minimum absolute atomic E-state index is 0.0615. The van der Waals surface area contributed by atoms with E-state index < -0.39 is 91.7 Å². The Morgan fingerprint density at radius 2 is 1.61 bits per heavy atom. The molecule has 15 nitrogen and oxygen atoms in total. The van der Waals surface area contributed by atoms with Crippen LogP contribution in [-0.2, 0) is 23.7 Å². The molecule has 2 aliphatic heterocycles. The standard InChI is InChI=1S/C23H45N5O10/c24-4-3-13(30)14(31)6-9-5-12(27)21(38-22-11(26)2-1-10(7-25)35-22)19(34)20(9)37-23-18(33)16(28)17(32)15(8-29)36-23/h9-13,15-23,29-30,32-34H,1-8,24-28H2/t9?,10?,11?,12?,13-,15?,16?,17?,18?,19?,20?,21?,22?,23?/m0/s1. The molecule has 2 saturated heterocycles. The van der Waals surface area contributed by atoms with E-state index in [1.165, 1.54) is 0 Å². The number of aliphatic hydroxyl groups excluding tert-OH is 5. The van der Waals surface area contributed by atoms with Gasteiger partial charge in [0.25, 0.3) is 0 Å². The van der Waals surface area contributed by atoms with Gasteiger partial charge in [0.15, 0.2) is 18.4 Å². The van der Waals surface area contributed by atoms with Gasteiger partial charge in [0.05, 0.1) is 30.9 Å². The lowest BCUT2D eigenvalue weighted by atomic mass is 9.76. The number of ketones is 1. The first-order chi connectivity index (χ1) is 18.0. The second kappa shape index (κ2) is 14.1. The van der Waals surface area contributed by atoms with E-state index in [0.29, 0.717) is 12.8 Å². The summed E-state index contributed by atoms with van der Waals surface area (Å²) in [6.07, 6.45) is -10.4. The maximum absolute atomic E-state index is 12.7. The Morgan fingerprint density at radius 3 is 2.24 bits per heavy atom. The average Bonchev–Trinajstić information content (AvgIpc) is 2.89. The van der Waals surface area contributed by atoms with Crippen molar-refractivity contribution in [2.45, 2.75) is 112 Å². The number of hydrogen-bond acceptors (Lipinski definition) is 15. The highest BCUT2D eigenvalue weighted by atomic mass is 16.7. The van der Waals surface area contributed by atoms with Crippen molar-refractivity contribution in [2.75, 3.05) is 19.7 Å². The maximum atomic E-state index is 12.7. The predicted octanol–water partition coefficient (Wildman–Crippen LogP) is -5.31. The van der Waals surface area contributed by atoms with Crippen LogP contribution >= 0.6 is 0 Å². The molecule has 13 unspecified atom stereocenters. The van der Waals surface area contributed by atoms with E-state index >= 15 is 0 Å². The van der Waals surface area contributed by atoms with Crippen LogP contribution < -0.4 is 28.7 Å². The molecule has 0 spiro atoms. The molecule has 0 bridgehead atoms. The SMILES string of the molecule is NCC[C@H](O)C(=O)CC1CC(N)C(OC2OC(CN)CCC2N)C(O)C1OC1OC(CO)C(O)C(N)C1O. The zero-order chi connectivity index (χ0) is 28.1. The van der Waals surface area contributed by atoms with Gasteiger partial charge in [0.2, 0.25) is 0 Å². The van der Waals surface area contributed by atoms with Crippen LogP contribution in [0.4, 0.5) is 0 Å². The third-order valence-corrected chi connectivity index (χ3v) is 7.69. The van der Waals surface area contributed by atoms with Gasteiger partial charge in [0, 0.05) is 19.0 Å². The van der Waals surface area contributed by atoms with E-state index in [2.05, 4.69) is 0 Å². The molecule has 3 aliphatic rings. The molecule has 15 N–H and O–H groups in total. The number of rotatable bonds is 11. The Morgan fingerprint density at radius 1 is 0.921 bits per heavy atom. The zero-order valence-corrected chi connectivity index (χ0v) is 21.4. The smallest absolute Gasteiger partial charge is 0.186 e. The number of ether oxygens (including phenoxy) is 4. The Balaban J connectivity index is 1.82. The molecule has 15 heteroatoms. The largest absolute Gasteiger partial charge is 0.394 e. The molecule has 2 heterocycles. The van der Waals surface area contributed by atoms with E-state index in [4.69, 9.17) is 47.6 Å². The molecular formula is C23H45N5O10. The van der Waals surface area contributed by atoms with Gasteiger partial charge in [-0.15, -0.1) is 0 Å². The van der Waals surface area contributed by atoms with Crippen LogP contribution in [0.25, 0.3) is 0 Å². The highest BCUT2D eigenvalue weighted by molar-refractivity contribution is 5.83. The Labute approximate surface area is 221 Å². The van der Waals surface area contributed by atoms with Gasteiger partial charge >= 0.3 is 0 Å². The third-order valence-electron chi connectivity index (χ3n) is 7.69. The van der Waals surface area contributed by atoms with Crippen molar-refractivity contribution < 1.29 is 49.3 Å². The number of nitrogens with two attached hydrogens (primary N) is 5. The molecule has 3 fully saturated rings. The average molecular weight is 552 g/mol. The van der Waals surface area contributed by atoms with Gasteiger partial charge in [0.1, 0.15) is 36.6 Å². The third kappa shape index (κ3) is 7.24. The first-order valence-electron chi connectivity index (χ1n) is 13.2. The fraction of sp³-hybridized carbons (Fsp3) is 0.957. The summed E-state index contributed by atoms with van der Waals surface area (Å²) in [5, 5.41) is 51.9. The minimum atomic E-state index is -1.52. The number of Topliss-reactive ketones (excluding diaryl/α,β-unsaturated/α-hetero) is 1. The van der Waals surface area contributed by atoms with Crippen LogP contribution in [0, 0.1) is 5.92 Å². The number of carbonyl (C=O) groups excluding carboxylic acids is 1. The monoisotopic (exact) mass is 551 g/mol. The normalized spacial score (nSPS) is 45.1. The first-order valence-corrected chi connectivity index (χ1v) is 13.2. The summed E-state index contributed by atoms with van der Waals surface area (Å²) in [6, 6.07) is -2.47. The molecule has 0 radical (unpaired) electrons. The number of aliphatic hydroxyl groups is 5. The highest BCUT2D eigenvalue weighted by Gasteiger charge is 2.51. The molecule has 0 aromatic rings. The molecule has 222 valence electrons. The molecule has 3 rings (SSSR count). The minimum Gasteiger partial charge on any atom is -0.394 e. The molecule has 0 aromatic carbocycles. The Hall–Kier alpha value is -0.890. The number of hydrogen-bond donors (Lipinski definition) is 10. The fourth-order valence-electron chi connectivity index (χ4n) is 5.34. The van der Waals surface area contributed by atoms with Crippen LogP contribution in [-0.4, -0.2) is 131 Å². The molecule has 14 atom stereocenters. The molecule has 0 aromatic heterocycles. The fourth-order valence-corrected chi connectivity index (χ4v) is 5.34. The molecule has 1 saturated carbocycles. The van der Waals surface area contributed by atoms with Crippen molar-refractivity contribution in [2.24, 2.45) is 34.6 Å².